The van der Waals surface area contributed by atoms with E-state index in [4.69, 9.17) is 13.0 Å². The van der Waals surface area contributed by atoms with E-state index in [2.05, 4.69) is 95.9 Å². The number of hydrogen-bond acceptors (Lipinski definition) is 4. The summed E-state index contributed by atoms with van der Waals surface area (Å²) in [5.74, 6) is 2.88. The molecule has 0 aliphatic heterocycles. The highest BCUT2D eigenvalue weighted by atomic mass is 32.2. The largest absolute Gasteiger partial charge is 0.741 e. The first-order valence-electron chi connectivity index (χ1n) is 14.0. The Labute approximate surface area is 237 Å². The minimum Gasteiger partial charge on any atom is -0.741 e. The molecule has 218 valence electrons. The predicted octanol–water partition coefficient (Wildman–Crippen LogP) is 5.05. The number of halogens is 3. The lowest BCUT2D eigenvalue weighted by Gasteiger charge is -2.54. The Bertz CT molecular complexity index is 1740. The van der Waals surface area contributed by atoms with Gasteiger partial charge in [-0.05, 0) is 86.1 Å². The standard InChI is InChI=1S/C30H34N3.CHF3O3S/c1-31(2)24-10-8-20(9-11-24)15-26-25-6-4-5-7-27(25)33-28(26)16-29(32(33)3)30-17-21-12-22(18-30)14-23(13-21)19-30;2-1(3,4)8(5,6)7/h4-11,15-16,21-23H,12-14,17-19H2,1-3H3;(H,5,6,7)/q+1;/p-1. The number of rotatable bonds is 3. The van der Waals surface area contributed by atoms with Gasteiger partial charge in [0.2, 0.25) is 5.69 Å². The molecule has 0 radical (unpaired) electrons. The quantitative estimate of drug-likeness (QED) is 0.192. The van der Waals surface area contributed by atoms with Crippen LogP contribution in [0.15, 0.2) is 54.6 Å². The van der Waals surface area contributed by atoms with Gasteiger partial charge in [0.05, 0.1) is 5.41 Å². The van der Waals surface area contributed by atoms with Gasteiger partial charge < -0.3 is 9.45 Å². The maximum absolute atomic E-state index is 10.7. The Hall–Kier alpha value is -3.11. The van der Waals surface area contributed by atoms with Gasteiger partial charge >= 0.3 is 5.51 Å². The molecule has 4 saturated carbocycles. The fraction of sp³-hybridized carbons (Fsp3) is 0.452. The summed E-state index contributed by atoms with van der Waals surface area (Å²) in [5.41, 5.74) is 1.52. The molecule has 41 heavy (non-hydrogen) atoms. The normalized spacial score (nSPS) is 26.0. The van der Waals surface area contributed by atoms with Gasteiger partial charge in [-0.15, -0.1) is 9.20 Å². The van der Waals surface area contributed by atoms with Crippen molar-refractivity contribution in [1.82, 2.24) is 4.52 Å². The highest BCUT2D eigenvalue weighted by molar-refractivity contribution is 7.86. The van der Waals surface area contributed by atoms with Crippen molar-refractivity contribution in [2.24, 2.45) is 24.8 Å². The molecule has 4 fully saturated rings. The predicted molar refractivity (Wildman–Crippen MR) is 151 cm³/mol. The molecule has 0 saturated heterocycles. The van der Waals surface area contributed by atoms with Crippen LogP contribution in [0, 0.1) is 17.8 Å². The molecule has 4 aromatic rings. The fourth-order valence-corrected chi connectivity index (χ4v) is 8.17. The first kappa shape index (κ1) is 28.0. The lowest BCUT2D eigenvalue weighted by molar-refractivity contribution is -0.745. The minimum absolute atomic E-state index is 0.397. The van der Waals surface area contributed by atoms with E-state index in [1.54, 1.807) is 5.69 Å². The van der Waals surface area contributed by atoms with Gasteiger partial charge in [0, 0.05) is 36.5 Å². The second-order valence-electron chi connectivity index (χ2n) is 12.4. The minimum atomic E-state index is -6.09. The molecule has 10 heteroatoms. The lowest BCUT2D eigenvalue weighted by atomic mass is 9.49. The first-order valence-corrected chi connectivity index (χ1v) is 15.4. The third-order valence-corrected chi connectivity index (χ3v) is 10.0. The van der Waals surface area contributed by atoms with Gasteiger partial charge in [-0.2, -0.15) is 13.2 Å². The van der Waals surface area contributed by atoms with Crippen molar-refractivity contribution in [2.45, 2.75) is 49.4 Å². The van der Waals surface area contributed by atoms with Crippen LogP contribution in [0.5, 0.6) is 0 Å². The molecule has 4 aliphatic rings. The summed E-state index contributed by atoms with van der Waals surface area (Å²) in [6.07, 6.45) is 11.1. The summed E-state index contributed by atoms with van der Waals surface area (Å²) in [6, 6.07) is 20.4. The zero-order valence-corrected chi connectivity index (χ0v) is 24.2. The number of aryl methyl sites for hydroxylation is 1. The topological polar surface area (TPSA) is 68.7 Å². The van der Waals surface area contributed by atoms with Gasteiger partial charge in [-0.25, -0.2) is 8.42 Å². The van der Waals surface area contributed by atoms with Crippen molar-refractivity contribution in [1.29, 1.82) is 0 Å². The van der Waals surface area contributed by atoms with Crippen molar-refractivity contribution in [3.8, 4) is 0 Å². The van der Waals surface area contributed by atoms with Crippen LogP contribution in [-0.2, 0) is 22.6 Å². The molecule has 2 heterocycles. The Morgan fingerprint density at radius 3 is 2.00 bits per heavy atom. The van der Waals surface area contributed by atoms with Crippen LogP contribution >= 0.6 is 0 Å². The molecule has 6 nitrogen and oxygen atoms in total. The lowest BCUT2D eigenvalue weighted by Crippen LogP contribution is -2.54. The van der Waals surface area contributed by atoms with E-state index in [0.717, 1.165) is 17.8 Å². The van der Waals surface area contributed by atoms with Crippen LogP contribution in [0.4, 0.5) is 18.9 Å². The molecule has 0 unspecified atom stereocenters. The average molecular weight is 586 g/mol. The highest BCUT2D eigenvalue weighted by Crippen LogP contribution is 2.60. The van der Waals surface area contributed by atoms with Crippen LogP contribution in [0.3, 0.4) is 0 Å². The summed E-state index contributed by atoms with van der Waals surface area (Å²) < 4.78 is 63.9. The number of nitrogens with zero attached hydrogens (tertiary/aromatic N) is 3. The number of benzene rings is 2. The molecule has 0 spiro atoms. The highest BCUT2D eigenvalue weighted by Gasteiger charge is 2.55. The van der Waals surface area contributed by atoms with E-state index in [1.165, 1.54) is 71.4 Å². The van der Waals surface area contributed by atoms with Crippen molar-refractivity contribution in [3.05, 3.63) is 71.1 Å². The smallest absolute Gasteiger partial charge is 0.485 e. The number of para-hydroxylation sites is 1. The zero-order chi connectivity index (χ0) is 29.3. The van der Waals surface area contributed by atoms with Crippen molar-refractivity contribution >= 4 is 38.3 Å². The maximum Gasteiger partial charge on any atom is 0.485 e. The second kappa shape index (κ2) is 9.73. The monoisotopic (exact) mass is 585 g/mol. The summed E-state index contributed by atoms with van der Waals surface area (Å²) in [6.45, 7) is 0. The molecular weight excluding hydrogens is 551 g/mol. The zero-order valence-electron chi connectivity index (χ0n) is 23.4. The molecule has 4 bridgehead atoms. The van der Waals surface area contributed by atoms with Crippen molar-refractivity contribution in [2.75, 3.05) is 19.0 Å². The SMILES string of the molecule is CN(C)c1ccc(/C=c2/c3ccccc3n3c2cc(C24CC5CC(CC(C5)C2)C4)[n+]3C)cc1.O=S(=O)([O-])C(F)(F)F. The third kappa shape index (κ3) is 4.88. The molecule has 8 rings (SSSR count). The Morgan fingerprint density at radius 1 is 0.951 bits per heavy atom. The van der Waals surface area contributed by atoms with E-state index < -0.39 is 15.6 Å². The van der Waals surface area contributed by atoms with Crippen molar-refractivity contribution in [3.63, 3.8) is 0 Å². The van der Waals surface area contributed by atoms with Crippen LogP contribution in [0.25, 0.3) is 22.5 Å². The third-order valence-electron chi connectivity index (χ3n) is 9.43. The average Bonchev–Trinajstić information content (AvgIpc) is 3.38. The first-order chi connectivity index (χ1) is 19.3. The van der Waals surface area contributed by atoms with Crippen LogP contribution in [0.2, 0.25) is 0 Å². The van der Waals surface area contributed by atoms with E-state index in [1.807, 2.05) is 0 Å². The van der Waals surface area contributed by atoms with E-state index in [9.17, 15) is 13.2 Å². The van der Waals surface area contributed by atoms with Gasteiger partial charge in [0.15, 0.2) is 17.2 Å². The fourth-order valence-electron chi connectivity index (χ4n) is 8.17. The van der Waals surface area contributed by atoms with E-state index >= 15 is 0 Å². The summed E-state index contributed by atoms with van der Waals surface area (Å²) >= 11 is 0. The number of anilines is 1. The Balaban J connectivity index is 0.000000334. The molecule has 0 N–H and O–H groups in total. The van der Waals surface area contributed by atoms with Gasteiger partial charge in [0.1, 0.15) is 11.0 Å². The summed E-state index contributed by atoms with van der Waals surface area (Å²) in [7, 11) is 0.412. The summed E-state index contributed by atoms with van der Waals surface area (Å²) in [4.78, 5) is 2.16. The van der Waals surface area contributed by atoms with Gasteiger partial charge in [-0.3, -0.25) is 0 Å². The van der Waals surface area contributed by atoms with Crippen molar-refractivity contribution < 1.29 is 30.8 Å². The Kier molecular flexibility index (Phi) is 6.65. The maximum atomic E-state index is 10.7. The number of alkyl halides is 3. The molecule has 0 amide bonds. The number of aromatic nitrogens is 2. The van der Waals surface area contributed by atoms with Crippen LogP contribution in [-0.4, -0.2) is 37.1 Å². The number of hydrogen-bond donors (Lipinski definition) is 0. The molecule has 0 atom stereocenters. The van der Waals surface area contributed by atoms with Crippen LogP contribution in [0.1, 0.15) is 49.8 Å². The summed E-state index contributed by atoms with van der Waals surface area (Å²) in [5, 5.41) is 2.70. The molecule has 4 aliphatic carbocycles. The Morgan fingerprint density at radius 2 is 1.49 bits per heavy atom. The second-order valence-corrected chi connectivity index (χ2v) is 13.8. The van der Waals surface area contributed by atoms with E-state index in [0.29, 0.717) is 5.41 Å². The van der Waals surface area contributed by atoms with Gasteiger partial charge in [0.25, 0.3) is 0 Å². The van der Waals surface area contributed by atoms with E-state index in [-0.39, 0.29) is 0 Å². The molecule has 2 aromatic heterocycles. The number of fused-ring (bicyclic) bond motifs is 3. The van der Waals surface area contributed by atoms with Gasteiger partial charge in [-0.1, -0.05) is 30.3 Å². The van der Waals surface area contributed by atoms with Crippen LogP contribution < -0.4 is 14.8 Å². The molecule has 2 aromatic carbocycles. The molecular formula is C31H34F3N3O3S.